The number of ether oxygens (including phenoxy) is 2. The highest BCUT2D eigenvalue weighted by Gasteiger charge is 2.14. The van der Waals surface area contributed by atoms with Gasteiger partial charge in [0.1, 0.15) is 11.5 Å². The molecular formula is C29H30N2O4. The molecule has 0 radical (unpaired) electrons. The van der Waals surface area contributed by atoms with Crippen molar-refractivity contribution < 1.29 is 9.47 Å². The SMILES string of the molecule is CCCCOc1ccc2[nH]c3cc4c(=O)c5cc(OCCCC)ccc5n(C)c4cc3c(=O)c2c1. The van der Waals surface area contributed by atoms with Crippen LogP contribution in [-0.2, 0) is 7.05 Å². The van der Waals surface area contributed by atoms with E-state index in [0.717, 1.165) is 36.7 Å². The number of pyridine rings is 2. The van der Waals surface area contributed by atoms with Gasteiger partial charge in [0.05, 0.1) is 35.3 Å². The molecule has 5 rings (SSSR count). The number of rotatable bonds is 8. The van der Waals surface area contributed by atoms with E-state index in [1.165, 1.54) is 0 Å². The number of hydrogen-bond donors (Lipinski definition) is 1. The predicted molar refractivity (Wildman–Crippen MR) is 143 cm³/mol. The third-order valence-electron chi connectivity index (χ3n) is 6.60. The molecular weight excluding hydrogens is 440 g/mol. The van der Waals surface area contributed by atoms with Crippen LogP contribution in [0, 0.1) is 0 Å². The summed E-state index contributed by atoms with van der Waals surface area (Å²) in [4.78, 5) is 30.3. The van der Waals surface area contributed by atoms with Gasteiger partial charge in [0, 0.05) is 28.6 Å². The molecule has 0 unspecified atom stereocenters. The molecule has 35 heavy (non-hydrogen) atoms. The lowest BCUT2D eigenvalue weighted by molar-refractivity contribution is 0.309. The first-order chi connectivity index (χ1) is 17.0. The molecule has 3 aromatic carbocycles. The van der Waals surface area contributed by atoms with E-state index in [0.29, 0.717) is 57.3 Å². The van der Waals surface area contributed by atoms with Crippen LogP contribution in [0.3, 0.4) is 0 Å². The van der Waals surface area contributed by atoms with E-state index in [1.807, 2.05) is 48.0 Å². The van der Waals surface area contributed by atoms with Crippen molar-refractivity contribution in [3.05, 3.63) is 69.0 Å². The largest absolute Gasteiger partial charge is 0.494 e. The maximum Gasteiger partial charge on any atom is 0.197 e. The number of H-pyrrole nitrogens is 1. The Labute approximate surface area is 203 Å². The van der Waals surface area contributed by atoms with Crippen molar-refractivity contribution in [2.45, 2.75) is 39.5 Å². The van der Waals surface area contributed by atoms with Crippen molar-refractivity contribution >= 4 is 43.6 Å². The fourth-order valence-electron chi connectivity index (χ4n) is 4.56. The summed E-state index contributed by atoms with van der Waals surface area (Å²) in [6, 6.07) is 14.8. The number of hydrogen-bond acceptors (Lipinski definition) is 4. The molecule has 180 valence electrons. The zero-order valence-corrected chi connectivity index (χ0v) is 20.4. The molecule has 0 aliphatic heterocycles. The summed E-state index contributed by atoms with van der Waals surface area (Å²) < 4.78 is 13.6. The number of nitrogens with one attached hydrogen (secondary N) is 1. The molecule has 6 nitrogen and oxygen atoms in total. The molecule has 0 bridgehead atoms. The molecule has 0 amide bonds. The average Bonchev–Trinajstić information content (AvgIpc) is 2.87. The summed E-state index contributed by atoms with van der Waals surface area (Å²) in [6.07, 6.45) is 4.03. The Kier molecular flexibility index (Phi) is 6.20. The van der Waals surface area contributed by atoms with Crippen molar-refractivity contribution in [2.75, 3.05) is 13.2 Å². The van der Waals surface area contributed by atoms with E-state index in [9.17, 15) is 9.59 Å². The molecule has 0 spiro atoms. The van der Waals surface area contributed by atoms with Crippen LogP contribution in [0.1, 0.15) is 39.5 Å². The van der Waals surface area contributed by atoms with Crippen LogP contribution in [-0.4, -0.2) is 22.8 Å². The van der Waals surface area contributed by atoms with Crippen LogP contribution in [0.15, 0.2) is 58.1 Å². The third kappa shape index (κ3) is 4.14. The second-order valence-corrected chi connectivity index (χ2v) is 9.05. The van der Waals surface area contributed by atoms with Gasteiger partial charge >= 0.3 is 0 Å². The Bertz CT molecular complexity index is 1680. The van der Waals surface area contributed by atoms with Gasteiger partial charge in [0.15, 0.2) is 10.9 Å². The second kappa shape index (κ2) is 9.45. The number of nitrogens with zero attached hydrogens (tertiary/aromatic N) is 1. The topological polar surface area (TPSA) is 73.3 Å². The molecule has 1 N–H and O–H groups in total. The minimum absolute atomic E-state index is 0.0726. The number of unbranched alkanes of at least 4 members (excludes halogenated alkanes) is 2. The first-order valence-electron chi connectivity index (χ1n) is 12.3. The van der Waals surface area contributed by atoms with Crippen molar-refractivity contribution in [3.8, 4) is 11.5 Å². The number of aryl methyl sites for hydroxylation is 1. The van der Waals surface area contributed by atoms with Crippen LogP contribution in [0.25, 0.3) is 43.6 Å². The number of aromatic amines is 1. The van der Waals surface area contributed by atoms with Crippen LogP contribution >= 0.6 is 0 Å². The van der Waals surface area contributed by atoms with Crippen molar-refractivity contribution in [2.24, 2.45) is 7.05 Å². The van der Waals surface area contributed by atoms with Crippen LogP contribution in [0.2, 0.25) is 0 Å². The fraction of sp³-hybridized carbons (Fsp3) is 0.310. The Morgan fingerprint density at radius 1 is 0.686 bits per heavy atom. The summed E-state index contributed by atoms with van der Waals surface area (Å²) in [7, 11) is 1.92. The number of aromatic nitrogens is 2. The molecule has 0 fully saturated rings. The molecule has 6 heteroatoms. The molecule has 0 atom stereocenters. The lowest BCUT2D eigenvalue weighted by atomic mass is 10.0. The quantitative estimate of drug-likeness (QED) is 0.221. The fourth-order valence-corrected chi connectivity index (χ4v) is 4.56. The predicted octanol–water partition coefficient (Wildman–Crippen LogP) is 6.04. The van der Waals surface area contributed by atoms with Gasteiger partial charge in [-0.1, -0.05) is 26.7 Å². The molecule has 2 aromatic heterocycles. The molecule has 2 heterocycles. The van der Waals surface area contributed by atoms with E-state index < -0.39 is 0 Å². The monoisotopic (exact) mass is 470 g/mol. The molecule has 0 aliphatic carbocycles. The number of benzene rings is 3. The summed E-state index contributed by atoms with van der Waals surface area (Å²) >= 11 is 0. The van der Waals surface area contributed by atoms with Gasteiger partial charge in [-0.3, -0.25) is 9.59 Å². The highest BCUT2D eigenvalue weighted by molar-refractivity contribution is 6.03. The average molecular weight is 471 g/mol. The first-order valence-corrected chi connectivity index (χ1v) is 12.3. The van der Waals surface area contributed by atoms with Gasteiger partial charge in [-0.05, 0) is 61.4 Å². The summed E-state index contributed by atoms with van der Waals surface area (Å²) in [5.41, 5.74) is 2.72. The van der Waals surface area contributed by atoms with Crippen molar-refractivity contribution in [3.63, 3.8) is 0 Å². The van der Waals surface area contributed by atoms with Gasteiger partial charge in [-0.25, -0.2) is 0 Å². The van der Waals surface area contributed by atoms with Gasteiger partial charge in [0.2, 0.25) is 0 Å². The zero-order valence-electron chi connectivity index (χ0n) is 20.4. The molecule has 5 aromatic rings. The highest BCUT2D eigenvalue weighted by atomic mass is 16.5. The van der Waals surface area contributed by atoms with Gasteiger partial charge in [-0.15, -0.1) is 0 Å². The smallest absolute Gasteiger partial charge is 0.197 e. The van der Waals surface area contributed by atoms with E-state index in [-0.39, 0.29) is 10.9 Å². The minimum atomic E-state index is -0.0798. The zero-order chi connectivity index (χ0) is 24.5. The molecule has 0 saturated heterocycles. The summed E-state index contributed by atoms with van der Waals surface area (Å²) in [5.74, 6) is 1.38. The Morgan fingerprint density at radius 3 is 1.94 bits per heavy atom. The van der Waals surface area contributed by atoms with E-state index in [1.54, 1.807) is 12.1 Å². The van der Waals surface area contributed by atoms with Gasteiger partial charge in [-0.2, -0.15) is 0 Å². The maximum absolute atomic E-state index is 13.5. The van der Waals surface area contributed by atoms with Gasteiger partial charge < -0.3 is 19.0 Å². The number of fused-ring (bicyclic) bond motifs is 4. The van der Waals surface area contributed by atoms with Gasteiger partial charge in [0.25, 0.3) is 0 Å². The lowest BCUT2D eigenvalue weighted by Crippen LogP contribution is -2.12. The van der Waals surface area contributed by atoms with E-state index in [2.05, 4.69) is 18.8 Å². The second-order valence-electron chi connectivity index (χ2n) is 9.05. The first kappa shape index (κ1) is 23.0. The Morgan fingerprint density at radius 2 is 1.26 bits per heavy atom. The Balaban J connectivity index is 1.69. The van der Waals surface area contributed by atoms with E-state index in [4.69, 9.17) is 9.47 Å². The van der Waals surface area contributed by atoms with E-state index >= 15 is 0 Å². The highest BCUT2D eigenvalue weighted by Crippen LogP contribution is 2.26. The third-order valence-corrected chi connectivity index (χ3v) is 6.60. The van der Waals surface area contributed by atoms with Crippen LogP contribution in [0.5, 0.6) is 11.5 Å². The minimum Gasteiger partial charge on any atom is -0.494 e. The molecule has 0 aliphatic rings. The van der Waals surface area contributed by atoms with Crippen molar-refractivity contribution in [1.82, 2.24) is 9.55 Å². The van der Waals surface area contributed by atoms with Crippen LogP contribution < -0.4 is 20.3 Å². The summed E-state index contributed by atoms with van der Waals surface area (Å²) in [6.45, 7) is 5.48. The van der Waals surface area contributed by atoms with Crippen molar-refractivity contribution in [1.29, 1.82) is 0 Å². The van der Waals surface area contributed by atoms with Crippen LogP contribution in [0.4, 0.5) is 0 Å². The molecule has 0 saturated carbocycles. The Hall–Kier alpha value is -3.80. The maximum atomic E-state index is 13.5. The standard InChI is InChI=1S/C29H30N2O4/c1-4-6-12-34-18-8-10-24-20(14-18)28(32)21-17-27-23(16-25(21)30-24)29(33)22-15-19(35-13-7-5-2)9-11-26(22)31(27)3/h8-11,14-17H,4-7,12-13H2,1-3H3,(H,30,32). The summed E-state index contributed by atoms with van der Waals surface area (Å²) in [5, 5.41) is 2.29. The normalized spacial score (nSPS) is 11.6. The lowest BCUT2D eigenvalue weighted by Gasteiger charge is -2.13.